The van der Waals surface area contributed by atoms with Gasteiger partial charge in [-0.2, -0.15) is 0 Å². The van der Waals surface area contributed by atoms with Crippen LogP contribution in [0.2, 0.25) is 0 Å². The molecule has 1 heterocycles. The van der Waals surface area contributed by atoms with Gasteiger partial charge in [-0.1, -0.05) is 30.3 Å². The molecule has 0 radical (unpaired) electrons. The monoisotopic (exact) mass is 220 g/mol. The van der Waals surface area contributed by atoms with E-state index in [4.69, 9.17) is 5.11 Å². The van der Waals surface area contributed by atoms with Crippen LogP contribution < -0.4 is 5.32 Å². The number of nitrogens with one attached hydrogen (secondary N) is 1. The highest BCUT2D eigenvalue weighted by molar-refractivity contribution is 5.69. The van der Waals surface area contributed by atoms with Crippen LogP contribution in [0.3, 0.4) is 0 Å². The Morgan fingerprint density at radius 2 is 2.19 bits per heavy atom. The van der Waals surface area contributed by atoms with Gasteiger partial charge in [-0.15, -0.1) is 0 Å². The van der Waals surface area contributed by atoms with Gasteiger partial charge in [-0.3, -0.25) is 9.69 Å². The minimum absolute atomic E-state index is 0.130. The van der Waals surface area contributed by atoms with Gasteiger partial charge in [0.05, 0.1) is 6.54 Å². The van der Waals surface area contributed by atoms with Crippen molar-refractivity contribution in [2.75, 3.05) is 26.2 Å². The van der Waals surface area contributed by atoms with Crippen LogP contribution in [0, 0.1) is 0 Å². The minimum Gasteiger partial charge on any atom is -0.480 e. The van der Waals surface area contributed by atoms with Gasteiger partial charge in [0.15, 0.2) is 0 Å². The van der Waals surface area contributed by atoms with Crippen LogP contribution in [-0.2, 0) is 4.79 Å². The smallest absolute Gasteiger partial charge is 0.317 e. The SMILES string of the molecule is O=C(O)CN1CCNC(c2ccccc2)C1. The normalized spacial score (nSPS) is 21.9. The third kappa shape index (κ3) is 2.81. The van der Waals surface area contributed by atoms with E-state index in [-0.39, 0.29) is 12.6 Å². The Morgan fingerprint density at radius 1 is 1.44 bits per heavy atom. The number of aliphatic carboxylic acids is 1. The molecule has 0 spiro atoms. The molecular formula is C12H16N2O2. The van der Waals surface area contributed by atoms with Crippen LogP contribution in [0.5, 0.6) is 0 Å². The zero-order chi connectivity index (χ0) is 11.4. The van der Waals surface area contributed by atoms with Crippen molar-refractivity contribution in [3.05, 3.63) is 35.9 Å². The van der Waals surface area contributed by atoms with Crippen LogP contribution >= 0.6 is 0 Å². The average Bonchev–Trinajstić information content (AvgIpc) is 2.30. The second-order valence-electron chi connectivity index (χ2n) is 4.05. The van der Waals surface area contributed by atoms with Crippen molar-refractivity contribution in [3.8, 4) is 0 Å². The highest BCUT2D eigenvalue weighted by atomic mass is 16.4. The number of benzene rings is 1. The van der Waals surface area contributed by atoms with Crippen LogP contribution in [-0.4, -0.2) is 42.2 Å². The number of rotatable bonds is 3. The Kier molecular flexibility index (Phi) is 3.54. The largest absolute Gasteiger partial charge is 0.480 e. The van der Waals surface area contributed by atoms with Gasteiger partial charge in [-0.05, 0) is 5.56 Å². The first-order valence-corrected chi connectivity index (χ1v) is 5.48. The van der Waals surface area contributed by atoms with Gasteiger partial charge in [-0.25, -0.2) is 0 Å². The molecule has 0 bridgehead atoms. The van der Waals surface area contributed by atoms with Gasteiger partial charge in [0.2, 0.25) is 0 Å². The van der Waals surface area contributed by atoms with E-state index in [1.807, 2.05) is 23.1 Å². The third-order valence-corrected chi connectivity index (χ3v) is 2.82. The van der Waals surface area contributed by atoms with E-state index in [1.165, 1.54) is 5.56 Å². The predicted molar refractivity (Wildman–Crippen MR) is 61.3 cm³/mol. The molecule has 1 atom stereocenters. The van der Waals surface area contributed by atoms with Gasteiger partial charge >= 0.3 is 5.97 Å². The Balaban J connectivity index is 1.99. The summed E-state index contributed by atoms with van der Waals surface area (Å²) in [6.45, 7) is 2.53. The molecular weight excluding hydrogens is 204 g/mol. The first-order valence-electron chi connectivity index (χ1n) is 5.48. The molecule has 0 aromatic heterocycles. The lowest BCUT2D eigenvalue weighted by molar-refractivity contribution is -0.138. The summed E-state index contributed by atoms with van der Waals surface area (Å²) in [5, 5.41) is 12.2. The minimum atomic E-state index is -0.756. The Bertz CT molecular complexity index is 353. The van der Waals surface area contributed by atoms with Crippen molar-refractivity contribution in [1.29, 1.82) is 0 Å². The van der Waals surface area contributed by atoms with Gasteiger partial charge in [0, 0.05) is 25.7 Å². The summed E-state index contributed by atoms with van der Waals surface area (Å²) in [5.74, 6) is -0.756. The number of hydrogen-bond donors (Lipinski definition) is 2. The average molecular weight is 220 g/mol. The zero-order valence-electron chi connectivity index (χ0n) is 9.10. The van der Waals surface area contributed by atoms with E-state index in [2.05, 4.69) is 17.4 Å². The van der Waals surface area contributed by atoms with Gasteiger partial charge in [0.1, 0.15) is 0 Å². The molecule has 2 rings (SSSR count). The summed E-state index contributed by atoms with van der Waals surface area (Å²) in [7, 11) is 0. The summed E-state index contributed by atoms with van der Waals surface area (Å²) in [5.41, 5.74) is 1.22. The molecule has 16 heavy (non-hydrogen) atoms. The van der Waals surface area contributed by atoms with Crippen molar-refractivity contribution in [1.82, 2.24) is 10.2 Å². The maximum atomic E-state index is 10.6. The molecule has 86 valence electrons. The number of carbonyl (C=O) groups is 1. The number of nitrogens with zero attached hydrogens (tertiary/aromatic N) is 1. The van der Waals surface area contributed by atoms with E-state index in [9.17, 15) is 4.79 Å². The van der Waals surface area contributed by atoms with E-state index in [0.29, 0.717) is 0 Å². The molecule has 4 nitrogen and oxygen atoms in total. The maximum absolute atomic E-state index is 10.6. The lowest BCUT2D eigenvalue weighted by Crippen LogP contribution is -2.47. The highest BCUT2D eigenvalue weighted by Crippen LogP contribution is 2.16. The van der Waals surface area contributed by atoms with E-state index >= 15 is 0 Å². The summed E-state index contributed by atoms with van der Waals surface area (Å²) in [6.07, 6.45) is 0. The summed E-state index contributed by atoms with van der Waals surface area (Å²) < 4.78 is 0. The van der Waals surface area contributed by atoms with Crippen molar-refractivity contribution in [3.63, 3.8) is 0 Å². The molecule has 1 aliphatic heterocycles. The van der Waals surface area contributed by atoms with Crippen LogP contribution in [0.1, 0.15) is 11.6 Å². The summed E-state index contributed by atoms with van der Waals surface area (Å²) >= 11 is 0. The fourth-order valence-corrected chi connectivity index (χ4v) is 2.05. The first-order chi connectivity index (χ1) is 7.75. The molecule has 0 amide bonds. The van der Waals surface area contributed by atoms with E-state index in [0.717, 1.165) is 19.6 Å². The molecule has 1 saturated heterocycles. The maximum Gasteiger partial charge on any atom is 0.317 e. The quantitative estimate of drug-likeness (QED) is 0.788. The van der Waals surface area contributed by atoms with Crippen molar-refractivity contribution >= 4 is 5.97 Å². The number of piperazine rings is 1. The molecule has 2 N–H and O–H groups in total. The van der Waals surface area contributed by atoms with Crippen molar-refractivity contribution in [2.24, 2.45) is 0 Å². The molecule has 0 aliphatic carbocycles. The third-order valence-electron chi connectivity index (χ3n) is 2.82. The molecule has 1 aromatic carbocycles. The van der Waals surface area contributed by atoms with Crippen molar-refractivity contribution < 1.29 is 9.90 Å². The van der Waals surface area contributed by atoms with Gasteiger partial charge in [0.25, 0.3) is 0 Å². The molecule has 4 heteroatoms. The summed E-state index contributed by atoms with van der Waals surface area (Å²) in [6, 6.07) is 10.4. The van der Waals surface area contributed by atoms with Crippen molar-refractivity contribution in [2.45, 2.75) is 6.04 Å². The lowest BCUT2D eigenvalue weighted by Gasteiger charge is -2.32. The van der Waals surface area contributed by atoms with Crippen LogP contribution in [0.25, 0.3) is 0 Å². The van der Waals surface area contributed by atoms with Gasteiger partial charge < -0.3 is 10.4 Å². The van der Waals surface area contributed by atoms with E-state index < -0.39 is 5.97 Å². The molecule has 1 fully saturated rings. The topological polar surface area (TPSA) is 52.6 Å². The fourth-order valence-electron chi connectivity index (χ4n) is 2.05. The van der Waals surface area contributed by atoms with E-state index in [1.54, 1.807) is 0 Å². The fraction of sp³-hybridized carbons (Fsp3) is 0.417. The van der Waals surface area contributed by atoms with Crippen LogP contribution in [0.15, 0.2) is 30.3 Å². The Labute approximate surface area is 94.9 Å². The number of carboxylic acids is 1. The Hall–Kier alpha value is -1.39. The first kappa shape index (κ1) is 11.1. The summed E-state index contributed by atoms with van der Waals surface area (Å²) in [4.78, 5) is 12.6. The highest BCUT2D eigenvalue weighted by Gasteiger charge is 2.21. The second kappa shape index (κ2) is 5.09. The standard InChI is InChI=1S/C12H16N2O2/c15-12(16)9-14-7-6-13-11(8-14)10-4-2-1-3-5-10/h1-5,11,13H,6-9H2,(H,15,16). The molecule has 1 unspecified atom stereocenters. The Morgan fingerprint density at radius 3 is 2.88 bits per heavy atom. The molecule has 1 aromatic rings. The molecule has 0 saturated carbocycles. The number of carboxylic acid groups (broad SMARTS) is 1. The second-order valence-corrected chi connectivity index (χ2v) is 4.05. The zero-order valence-corrected chi connectivity index (χ0v) is 9.10. The molecule has 1 aliphatic rings. The van der Waals surface area contributed by atoms with Crippen LogP contribution in [0.4, 0.5) is 0 Å². The number of hydrogen-bond acceptors (Lipinski definition) is 3. The predicted octanol–water partition coefficient (Wildman–Crippen LogP) is 0.717. The lowest BCUT2D eigenvalue weighted by atomic mass is 10.0.